The molecule has 0 aliphatic carbocycles. The molecule has 3 heteroatoms. The maximum Gasteiger partial charge on any atom is 0.144 e. The number of hydrogen-bond acceptors (Lipinski definition) is 3. The van der Waals surface area contributed by atoms with E-state index in [0.29, 0.717) is 27.9 Å². The van der Waals surface area contributed by atoms with E-state index >= 15 is 0 Å². The number of pyridine rings is 2. The van der Waals surface area contributed by atoms with Gasteiger partial charge in [-0.15, -0.1) is 0 Å². The largest absolute Gasteiger partial charge is 0.455 e. The summed E-state index contributed by atoms with van der Waals surface area (Å²) in [7, 11) is 0. The first-order chi connectivity index (χ1) is 19.2. The van der Waals surface area contributed by atoms with Gasteiger partial charge >= 0.3 is 0 Å². The van der Waals surface area contributed by atoms with Crippen LogP contribution in [0.15, 0.2) is 83.4 Å². The van der Waals surface area contributed by atoms with Crippen molar-refractivity contribution in [2.45, 2.75) is 39.9 Å². The topological polar surface area (TPSA) is 38.9 Å². The van der Waals surface area contributed by atoms with Crippen LogP contribution < -0.4 is 0 Å². The van der Waals surface area contributed by atoms with Gasteiger partial charge in [0.2, 0.25) is 0 Å². The molecule has 3 heterocycles. The van der Waals surface area contributed by atoms with Crippen LogP contribution in [0.1, 0.15) is 45.8 Å². The maximum atomic E-state index is 8.36. The summed E-state index contributed by atoms with van der Waals surface area (Å²) in [6.07, 6.45) is 1.33. The lowest BCUT2D eigenvalue weighted by Crippen LogP contribution is -2.13. The van der Waals surface area contributed by atoms with Crippen molar-refractivity contribution in [3.63, 3.8) is 0 Å². The average molecular weight is 463 g/mol. The highest BCUT2D eigenvalue weighted by molar-refractivity contribution is 6.09. The van der Waals surface area contributed by atoms with E-state index in [1.54, 1.807) is 18.2 Å². The first-order valence-electron chi connectivity index (χ1n) is 14.6. The quantitative estimate of drug-likeness (QED) is 0.258. The first kappa shape index (κ1) is 15.8. The molecule has 0 bridgehead atoms. The van der Waals surface area contributed by atoms with Crippen molar-refractivity contribution in [1.82, 2.24) is 9.97 Å². The average Bonchev–Trinajstić information content (AvgIpc) is 3.29. The van der Waals surface area contributed by atoms with Gasteiger partial charge in [0.1, 0.15) is 11.2 Å². The lowest BCUT2D eigenvalue weighted by atomic mass is 9.90. The Labute approximate surface area is 213 Å². The van der Waals surface area contributed by atoms with E-state index in [4.69, 9.17) is 17.6 Å². The van der Waals surface area contributed by atoms with E-state index in [9.17, 15) is 0 Å². The van der Waals surface area contributed by atoms with Crippen molar-refractivity contribution >= 4 is 32.8 Å². The van der Waals surface area contributed by atoms with Crippen LogP contribution in [0.3, 0.4) is 0 Å². The van der Waals surface area contributed by atoms with Crippen LogP contribution >= 0.6 is 0 Å². The Bertz CT molecular complexity index is 1960. The molecule has 0 saturated carbocycles. The Morgan fingerprint density at radius 2 is 1.57 bits per heavy atom. The predicted molar refractivity (Wildman–Crippen MR) is 146 cm³/mol. The third kappa shape index (κ3) is 3.59. The van der Waals surface area contributed by atoms with Gasteiger partial charge in [-0.25, -0.2) is 0 Å². The van der Waals surface area contributed by atoms with Crippen LogP contribution in [0, 0.1) is 13.7 Å². The molecule has 0 atom stereocenters. The number of aromatic nitrogens is 2. The summed E-state index contributed by atoms with van der Waals surface area (Å²) in [6, 6.07) is 22.3. The minimum atomic E-state index is -2.53. The summed E-state index contributed by atoms with van der Waals surface area (Å²) < 4.78 is 56.0. The summed E-state index contributed by atoms with van der Waals surface area (Å²) in [6.45, 7) is 1.09. The van der Waals surface area contributed by atoms with Gasteiger partial charge in [-0.3, -0.25) is 9.97 Å². The second-order valence-electron chi connectivity index (χ2n) is 9.93. The Balaban J connectivity index is 1.64. The molecule has 0 saturated heterocycles. The fourth-order valence-electron chi connectivity index (χ4n) is 4.59. The van der Waals surface area contributed by atoms with E-state index < -0.39 is 13.7 Å². The van der Waals surface area contributed by atoms with Gasteiger partial charge in [-0.1, -0.05) is 57.2 Å². The van der Waals surface area contributed by atoms with Crippen molar-refractivity contribution in [3.05, 3.63) is 95.8 Å². The number of fused-ring (bicyclic) bond motifs is 4. The third-order valence-corrected chi connectivity index (χ3v) is 6.47. The Morgan fingerprint density at radius 3 is 2.40 bits per heavy atom. The van der Waals surface area contributed by atoms with E-state index in [1.807, 2.05) is 75.4 Å². The lowest BCUT2D eigenvalue weighted by molar-refractivity contribution is 0.571. The van der Waals surface area contributed by atoms with Crippen molar-refractivity contribution in [3.8, 4) is 22.4 Å². The van der Waals surface area contributed by atoms with E-state index in [1.165, 1.54) is 6.20 Å². The van der Waals surface area contributed by atoms with E-state index in [0.717, 1.165) is 27.4 Å². The molecule has 0 aliphatic heterocycles. The minimum absolute atomic E-state index is 0.0258. The van der Waals surface area contributed by atoms with Crippen molar-refractivity contribution in [1.29, 1.82) is 0 Å². The Morgan fingerprint density at radius 1 is 0.771 bits per heavy atom. The zero-order valence-corrected chi connectivity index (χ0v) is 19.8. The normalized spacial score (nSPS) is 15.4. The summed E-state index contributed by atoms with van der Waals surface area (Å²) in [5.74, 6) is 0. The fraction of sp³-hybridized carbons (Fsp3) is 0.188. The fourth-order valence-corrected chi connectivity index (χ4v) is 4.59. The van der Waals surface area contributed by atoms with Gasteiger partial charge in [0.15, 0.2) is 0 Å². The van der Waals surface area contributed by atoms with Gasteiger partial charge in [-0.05, 0) is 72.4 Å². The number of rotatable bonds is 2. The smallest absolute Gasteiger partial charge is 0.144 e. The van der Waals surface area contributed by atoms with Gasteiger partial charge in [0, 0.05) is 47.3 Å². The summed E-state index contributed by atoms with van der Waals surface area (Å²) >= 11 is 0. The van der Waals surface area contributed by atoms with E-state index in [2.05, 4.69) is 4.98 Å². The summed E-state index contributed by atoms with van der Waals surface area (Å²) in [5.41, 5.74) is 4.30. The molecule has 0 unspecified atom stereocenters. The zero-order valence-electron chi connectivity index (χ0n) is 25.8. The van der Waals surface area contributed by atoms with Crippen LogP contribution in [-0.2, 0) is 5.41 Å². The van der Waals surface area contributed by atoms with Gasteiger partial charge in [0.25, 0.3) is 0 Å². The second-order valence-corrected chi connectivity index (χ2v) is 9.93. The standard InChI is InChI=1S/C32H28N2O/c1-19-15-27-21(13-14-30(34-27)32(3,4)5)16-25(19)26-17-28(33-18-20(26)2)24-11-8-10-23-22-9-6-7-12-29(22)35-31(23)24/h6-18H,1-5H3/i1D3,2D3. The first-order valence-corrected chi connectivity index (χ1v) is 11.6. The minimum Gasteiger partial charge on any atom is -0.455 e. The lowest BCUT2D eigenvalue weighted by Gasteiger charge is -2.19. The molecular weight excluding hydrogens is 428 g/mol. The predicted octanol–water partition coefficient (Wildman–Crippen LogP) is 8.78. The summed E-state index contributed by atoms with van der Waals surface area (Å²) in [4.78, 5) is 9.30. The molecular formula is C32H28N2O. The zero-order chi connectivity index (χ0) is 29.3. The third-order valence-electron chi connectivity index (χ3n) is 6.47. The highest BCUT2D eigenvalue weighted by Crippen LogP contribution is 2.38. The number of hydrogen-bond donors (Lipinski definition) is 0. The molecule has 3 aromatic heterocycles. The highest BCUT2D eigenvalue weighted by atomic mass is 16.3. The number of para-hydroxylation sites is 2. The Hall–Kier alpha value is -3.98. The number of aryl methyl sites for hydroxylation is 2. The molecule has 6 rings (SSSR count). The molecule has 6 aromatic rings. The van der Waals surface area contributed by atoms with Crippen LogP contribution in [-0.4, -0.2) is 9.97 Å². The van der Waals surface area contributed by atoms with Crippen molar-refractivity contribution in [2.24, 2.45) is 0 Å². The van der Waals surface area contributed by atoms with Gasteiger partial charge in [0.05, 0.1) is 11.2 Å². The molecule has 0 aliphatic rings. The highest BCUT2D eigenvalue weighted by Gasteiger charge is 2.18. The van der Waals surface area contributed by atoms with Crippen molar-refractivity contribution < 1.29 is 12.6 Å². The second kappa shape index (κ2) is 7.78. The number of nitrogens with zero attached hydrogens (tertiary/aromatic N) is 2. The van der Waals surface area contributed by atoms with Crippen LogP contribution in [0.25, 0.3) is 55.2 Å². The monoisotopic (exact) mass is 462 g/mol. The molecule has 0 fully saturated rings. The molecule has 0 N–H and O–H groups in total. The van der Waals surface area contributed by atoms with Crippen molar-refractivity contribution in [2.75, 3.05) is 0 Å². The van der Waals surface area contributed by atoms with Crippen LogP contribution in [0.4, 0.5) is 0 Å². The van der Waals surface area contributed by atoms with E-state index in [-0.39, 0.29) is 22.1 Å². The molecule has 3 aromatic carbocycles. The molecule has 35 heavy (non-hydrogen) atoms. The SMILES string of the molecule is [2H]C([2H])([2H])c1cnc(-c2cccc3c2oc2ccccc23)cc1-c1cc2ccc(C(C)(C)C)nc2cc1C([2H])([2H])[2H]. The van der Waals surface area contributed by atoms with Gasteiger partial charge in [-0.2, -0.15) is 0 Å². The molecule has 0 amide bonds. The maximum absolute atomic E-state index is 8.36. The van der Waals surface area contributed by atoms with Gasteiger partial charge < -0.3 is 4.42 Å². The molecule has 0 radical (unpaired) electrons. The summed E-state index contributed by atoms with van der Waals surface area (Å²) in [5, 5.41) is 2.59. The van der Waals surface area contributed by atoms with Crippen LogP contribution in [0.2, 0.25) is 0 Å². The van der Waals surface area contributed by atoms with Crippen LogP contribution in [0.5, 0.6) is 0 Å². The Kier molecular flexibility index (Phi) is 3.52. The molecule has 3 nitrogen and oxygen atoms in total. The number of furan rings is 1. The number of benzene rings is 3. The molecule has 0 spiro atoms. The molecule has 172 valence electrons.